The second kappa shape index (κ2) is 6.88. The van der Waals surface area contributed by atoms with Crippen molar-refractivity contribution in [3.8, 4) is 0 Å². The Kier molecular flexibility index (Phi) is 5.70. The number of nitrogens with one attached hydrogen (secondary N) is 1. The van der Waals surface area contributed by atoms with E-state index in [0.717, 1.165) is 11.0 Å². The third-order valence-corrected chi connectivity index (χ3v) is 3.20. The fourth-order valence-electron chi connectivity index (χ4n) is 1.42. The lowest BCUT2D eigenvalue weighted by molar-refractivity contribution is -0.138. The Morgan fingerprint density at radius 1 is 1.33 bits per heavy atom. The standard InChI is InChI=1S/C12H11BrF4N2O2/c1-19(5-9(20)18-6-12(15,16)17)11(21)7-3-2-4-8(14)10(7)13/h2-4H,5-6H2,1H3,(H,18,20). The van der Waals surface area contributed by atoms with E-state index in [1.807, 2.05) is 0 Å². The molecule has 0 aliphatic rings. The molecule has 0 bridgehead atoms. The van der Waals surface area contributed by atoms with Gasteiger partial charge in [0.05, 0.1) is 16.6 Å². The summed E-state index contributed by atoms with van der Waals surface area (Å²) in [6.07, 6.45) is -4.52. The van der Waals surface area contributed by atoms with Crippen molar-refractivity contribution >= 4 is 27.7 Å². The third kappa shape index (κ3) is 5.33. The average Bonchev–Trinajstić information content (AvgIpc) is 2.38. The van der Waals surface area contributed by atoms with Crippen LogP contribution >= 0.6 is 15.9 Å². The minimum Gasteiger partial charge on any atom is -0.345 e. The number of carbonyl (C=O) groups is 2. The maximum atomic E-state index is 13.3. The highest BCUT2D eigenvalue weighted by Gasteiger charge is 2.28. The van der Waals surface area contributed by atoms with Gasteiger partial charge in [-0.3, -0.25) is 9.59 Å². The Labute approximate surface area is 126 Å². The number of hydrogen-bond acceptors (Lipinski definition) is 2. The largest absolute Gasteiger partial charge is 0.405 e. The van der Waals surface area contributed by atoms with E-state index in [0.29, 0.717) is 0 Å². The molecule has 0 aromatic heterocycles. The SMILES string of the molecule is CN(CC(=O)NCC(F)(F)F)C(=O)c1cccc(F)c1Br. The number of benzene rings is 1. The zero-order valence-electron chi connectivity index (χ0n) is 10.8. The minimum absolute atomic E-state index is 0.0267. The minimum atomic E-state index is -4.52. The summed E-state index contributed by atoms with van der Waals surface area (Å²) < 4.78 is 49.0. The molecule has 0 saturated heterocycles. The van der Waals surface area contributed by atoms with E-state index >= 15 is 0 Å². The molecule has 1 aromatic rings. The van der Waals surface area contributed by atoms with E-state index in [-0.39, 0.29) is 10.0 Å². The number of amides is 2. The van der Waals surface area contributed by atoms with Gasteiger partial charge in [0.15, 0.2) is 0 Å². The third-order valence-electron chi connectivity index (χ3n) is 2.40. The van der Waals surface area contributed by atoms with Crippen molar-refractivity contribution in [2.24, 2.45) is 0 Å². The van der Waals surface area contributed by atoms with Crippen LogP contribution in [-0.2, 0) is 4.79 Å². The zero-order valence-corrected chi connectivity index (χ0v) is 12.4. The molecule has 1 N–H and O–H groups in total. The number of alkyl halides is 3. The molecular weight excluding hydrogens is 360 g/mol. The van der Waals surface area contributed by atoms with Gasteiger partial charge in [0.25, 0.3) is 5.91 Å². The van der Waals surface area contributed by atoms with Gasteiger partial charge in [-0.1, -0.05) is 6.07 Å². The quantitative estimate of drug-likeness (QED) is 0.827. The molecule has 116 valence electrons. The molecule has 0 fully saturated rings. The first-order valence-electron chi connectivity index (χ1n) is 5.64. The molecule has 2 amide bonds. The lowest BCUT2D eigenvalue weighted by Crippen LogP contribution is -2.41. The summed E-state index contributed by atoms with van der Waals surface area (Å²) in [6.45, 7) is -2.05. The number of hydrogen-bond donors (Lipinski definition) is 1. The fourth-order valence-corrected chi connectivity index (χ4v) is 1.85. The van der Waals surface area contributed by atoms with Gasteiger partial charge in [-0.2, -0.15) is 13.2 Å². The molecular formula is C12H11BrF4N2O2. The van der Waals surface area contributed by atoms with E-state index < -0.39 is 36.9 Å². The normalized spacial score (nSPS) is 11.1. The highest BCUT2D eigenvalue weighted by atomic mass is 79.9. The Morgan fingerprint density at radius 2 is 1.95 bits per heavy atom. The monoisotopic (exact) mass is 370 g/mol. The van der Waals surface area contributed by atoms with Crippen molar-refractivity contribution < 1.29 is 27.2 Å². The Morgan fingerprint density at radius 3 is 2.52 bits per heavy atom. The van der Waals surface area contributed by atoms with Gasteiger partial charge in [0, 0.05) is 7.05 Å². The number of halogens is 5. The molecule has 4 nitrogen and oxygen atoms in total. The topological polar surface area (TPSA) is 49.4 Å². The van der Waals surface area contributed by atoms with Crippen LogP contribution in [0.15, 0.2) is 22.7 Å². The predicted octanol–water partition coefficient (Wildman–Crippen LogP) is 2.34. The number of nitrogens with zero attached hydrogens (tertiary/aromatic N) is 1. The molecule has 1 rings (SSSR count). The molecule has 1 aromatic carbocycles. The molecule has 0 unspecified atom stereocenters. The number of rotatable bonds is 4. The summed E-state index contributed by atoms with van der Waals surface area (Å²) >= 11 is 2.90. The molecule has 0 radical (unpaired) electrons. The molecule has 0 heterocycles. The van der Waals surface area contributed by atoms with Crippen molar-refractivity contribution in [2.75, 3.05) is 20.1 Å². The van der Waals surface area contributed by atoms with E-state index in [9.17, 15) is 27.2 Å². The van der Waals surface area contributed by atoms with E-state index in [1.165, 1.54) is 19.2 Å². The Balaban J connectivity index is 2.67. The molecule has 0 aliphatic carbocycles. The van der Waals surface area contributed by atoms with Crippen molar-refractivity contribution in [3.63, 3.8) is 0 Å². The van der Waals surface area contributed by atoms with Crippen molar-refractivity contribution in [1.29, 1.82) is 0 Å². The first-order valence-corrected chi connectivity index (χ1v) is 6.44. The predicted molar refractivity (Wildman–Crippen MR) is 70.1 cm³/mol. The second-order valence-corrected chi connectivity index (χ2v) is 4.95. The number of carbonyl (C=O) groups excluding carboxylic acids is 2. The van der Waals surface area contributed by atoms with Gasteiger partial charge in [0.2, 0.25) is 5.91 Å². The van der Waals surface area contributed by atoms with Gasteiger partial charge >= 0.3 is 6.18 Å². The summed E-state index contributed by atoms with van der Waals surface area (Å²) in [7, 11) is 1.23. The summed E-state index contributed by atoms with van der Waals surface area (Å²) in [5, 5.41) is 1.64. The Bertz CT molecular complexity index is 549. The van der Waals surface area contributed by atoms with Crippen molar-refractivity contribution in [3.05, 3.63) is 34.1 Å². The second-order valence-electron chi connectivity index (χ2n) is 4.15. The molecule has 0 spiro atoms. The van der Waals surface area contributed by atoms with Gasteiger partial charge < -0.3 is 10.2 Å². The van der Waals surface area contributed by atoms with Crippen LogP contribution in [0.1, 0.15) is 10.4 Å². The molecule has 9 heteroatoms. The molecule has 21 heavy (non-hydrogen) atoms. The lowest BCUT2D eigenvalue weighted by atomic mass is 10.2. The number of likely N-dealkylation sites (N-methyl/N-ethyl adjacent to an activating group) is 1. The van der Waals surface area contributed by atoms with Crippen molar-refractivity contribution in [2.45, 2.75) is 6.18 Å². The van der Waals surface area contributed by atoms with Gasteiger partial charge in [0.1, 0.15) is 12.4 Å². The Hall–Kier alpha value is -1.64. The van der Waals surface area contributed by atoms with Crippen LogP contribution in [0.3, 0.4) is 0 Å². The fraction of sp³-hybridized carbons (Fsp3) is 0.333. The van der Waals surface area contributed by atoms with Gasteiger partial charge in [-0.25, -0.2) is 4.39 Å². The zero-order chi connectivity index (χ0) is 16.2. The summed E-state index contributed by atoms with van der Waals surface area (Å²) in [5.41, 5.74) is -0.0267. The van der Waals surface area contributed by atoms with Crippen LogP contribution < -0.4 is 5.32 Å². The maximum absolute atomic E-state index is 13.3. The highest BCUT2D eigenvalue weighted by molar-refractivity contribution is 9.10. The van der Waals surface area contributed by atoms with E-state index in [1.54, 1.807) is 5.32 Å². The molecule has 0 aliphatic heterocycles. The van der Waals surface area contributed by atoms with Crippen LogP contribution in [0.4, 0.5) is 17.6 Å². The smallest absolute Gasteiger partial charge is 0.345 e. The first kappa shape index (κ1) is 17.4. The van der Waals surface area contributed by atoms with Crippen LogP contribution in [0.5, 0.6) is 0 Å². The van der Waals surface area contributed by atoms with Gasteiger partial charge in [-0.05, 0) is 28.1 Å². The van der Waals surface area contributed by atoms with Crippen LogP contribution in [0.2, 0.25) is 0 Å². The van der Waals surface area contributed by atoms with Crippen LogP contribution in [0.25, 0.3) is 0 Å². The molecule has 0 atom stereocenters. The first-order chi connectivity index (χ1) is 9.61. The lowest BCUT2D eigenvalue weighted by Gasteiger charge is -2.18. The van der Waals surface area contributed by atoms with E-state index in [4.69, 9.17) is 0 Å². The van der Waals surface area contributed by atoms with Crippen molar-refractivity contribution in [1.82, 2.24) is 10.2 Å². The summed E-state index contributed by atoms with van der Waals surface area (Å²) in [5.74, 6) is -2.31. The maximum Gasteiger partial charge on any atom is 0.405 e. The molecule has 0 saturated carbocycles. The van der Waals surface area contributed by atoms with Gasteiger partial charge in [-0.15, -0.1) is 0 Å². The highest BCUT2D eigenvalue weighted by Crippen LogP contribution is 2.21. The van der Waals surface area contributed by atoms with E-state index in [2.05, 4.69) is 15.9 Å². The summed E-state index contributed by atoms with van der Waals surface area (Å²) in [4.78, 5) is 24.2. The van der Waals surface area contributed by atoms with Crippen LogP contribution in [-0.4, -0.2) is 43.0 Å². The summed E-state index contributed by atoms with van der Waals surface area (Å²) in [6, 6.07) is 3.78. The average molecular weight is 371 g/mol. The van der Waals surface area contributed by atoms with Crippen LogP contribution in [0, 0.1) is 5.82 Å².